The predicted octanol–water partition coefficient (Wildman–Crippen LogP) is 6.40. The van der Waals surface area contributed by atoms with Crippen LogP contribution < -0.4 is 9.64 Å². The van der Waals surface area contributed by atoms with Crippen molar-refractivity contribution in [2.75, 3.05) is 19.0 Å². The van der Waals surface area contributed by atoms with Crippen LogP contribution in [-0.2, 0) is 11.3 Å². The fourth-order valence-electron chi connectivity index (χ4n) is 3.43. The number of nitriles is 1. The summed E-state index contributed by atoms with van der Waals surface area (Å²) in [4.78, 5) is 25.4. The van der Waals surface area contributed by atoms with E-state index >= 15 is 0 Å². The van der Waals surface area contributed by atoms with Crippen molar-refractivity contribution in [3.05, 3.63) is 84.3 Å². The highest BCUT2D eigenvalue weighted by atomic mass is 32.2. The highest BCUT2D eigenvalue weighted by Gasteiger charge is 2.19. The van der Waals surface area contributed by atoms with Gasteiger partial charge < -0.3 is 14.4 Å². The fraction of sp³-hybridized carbons (Fsp3) is 0.241. The molecule has 0 aliphatic rings. The molecule has 0 saturated heterocycles. The second kappa shape index (κ2) is 11.4. The summed E-state index contributed by atoms with van der Waals surface area (Å²) in [7, 11) is 3.98. The minimum absolute atomic E-state index is 0.317. The van der Waals surface area contributed by atoms with Crippen molar-refractivity contribution >= 4 is 23.5 Å². The van der Waals surface area contributed by atoms with Crippen molar-refractivity contribution in [1.29, 1.82) is 5.26 Å². The first-order valence-electron chi connectivity index (χ1n) is 12.0. The first-order chi connectivity index (χ1) is 18.1. The van der Waals surface area contributed by atoms with E-state index < -0.39 is 11.7 Å². The maximum absolute atomic E-state index is 12.5. The summed E-state index contributed by atoms with van der Waals surface area (Å²) in [5.74, 6) is 0.846. The Morgan fingerprint density at radius 1 is 1.13 bits per heavy atom. The van der Waals surface area contributed by atoms with E-state index in [0.717, 1.165) is 21.0 Å². The SMILES string of the molecule is CN(C)c1cccc(COc2nc(-c3ccn(C(=O)OC(C)(C)C)c3)ncc2Sc2ccc(C#N)cc2)c1. The molecule has 4 aromatic rings. The molecular formula is C29H29N5O3S. The number of hydrogen-bond acceptors (Lipinski definition) is 8. The second-order valence-electron chi connectivity index (χ2n) is 9.74. The van der Waals surface area contributed by atoms with Gasteiger partial charge in [0.1, 0.15) is 12.2 Å². The number of nitrogens with zero attached hydrogens (tertiary/aromatic N) is 5. The molecule has 2 aromatic carbocycles. The Balaban J connectivity index is 1.62. The maximum atomic E-state index is 12.5. The van der Waals surface area contributed by atoms with Gasteiger partial charge in [-0.25, -0.2) is 9.78 Å². The normalized spacial score (nSPS) is 11.1. The Kier molecular flexibility index (Phi) is 8.03. The average Bonchev–Trinajstić information content (AvgIpc) is 3.38. The molecule has 0 amide bonds. The van der Waals surface area contributed by atoms with Crippen molar-refractivity contribution in [3.63, 3.8) is 0 Å². The molecule has 2 heterocycles. The highest BCUT2D eigenvalue weighted by molar-refractivity contribution is 7.99. The summed E-state index contributed by atoms with van der Waals surface area (Å²) in [6.07, 6.45) is 4.50. The Morgan fingerprint density at radius 2 is 1.89 bits per heavy atom. The number of carbonyl (C=O) groups excluding carboxylic acids is 1. The van der Waals surface area contributed by atoms with Gasteiger partial charge in [-0.1, -0.05) is 23.9 Å². The number of carbonyl (C=O) groups is 1. The van der Waals surface area contributed by atoms with Crippen LogP contribution in [0.25, 0.3) is 11.4 Å². The number of rotatable bonds is 7. The van der Waals surface area contributed by atoms with Crippen LogP contribution in [0, 0.1) is 11.3 Å². The van der Waals surface area contributed by atoms with Crippen LogP contribution in [0.2, 0.25) is 0 Å². The predicted molar refractivity (Wildman–Crippen MR) is 147 cm³/mol. The van der Waals surface area contributed by atoms with E-state index in [-0.39, 0.29) is 0 Å². The summed E-state index contributed by atoms with van der Waals surface area (Å²) in [6.45, 7) is 5.78. The second-order valence-corrected chi connectivity index (χ2v) is 10.9. The zero-order valence-corrected chi connectivity index (χ0v) is 22.8. The smallest absolute Gasteiger partial charge is 0.418 e. The molecule has 0 aliphatic heterocycles. The summed E-state index contributed by atoms with van der Waals surface area (Å²) >= 11 is 1.45. The number of ether oxygens (including phenoxy) is 2. The lowest BCUT2D eigenvalue weighted by molar-refractivity contribution is 0.0537. The molecule has 2 aromatic heterocycles. The van der Waals surface area contributed by atoms with E-state index in [1.165, 1.54) is 16.3 Å². The van der Waals surface area contributed by atoms with Crippen molar-refractivity contribution in [3.8, 4) is 23.3 Å². The van der Waals surface area contributed by atoms with Gasteiger partial charge in [-0.05, 0) is 68.8 Å². The molecule has 0 N–H and O–H groups in total. The lowest BCUT2D eigenvalue weighted by Gasteiger charge is -2.19. The molecule has 0 saturated carbocycles. The molecule has 4 rings (SSSR count). The first-order valence-corrected chi connectivity index (χ1v) is 12.8. The van der Waals surface area contributed by atoms with Crippen molar-refractivity contribution < 1.29 is 14.3 Å². The zero-order chi connectivity index (χ0) is 27.3. The number of anilines is 1. The molecule has 0 spiro atoms. The van der Waals surface area contributed by atoms with E-state index in [9.17, 15) is 4.79 Å². The Morgan fingerprint density at radius 3 is 2.58 bits per heavy atom. The first kappa shape index (κ1) is 26.8. The van der Waals surface area contributed by atoms with Crippen LogP contribution in [0.3, 0.4) is 0 Å². The molecule has 0 unspecified atom stereocenters. The molecular weight excluding hydrogens is 498 g/mol. The van der Waals surface area contributed by atoms with E-state index in [0.29, 0.717) is 29.4 Å². The summed E-state index contributed by atoms with van der Waals surface area (Å²) < 4.78 is 13.0. The quantitative estimate of drug-likeness (QED) is 0.273. The van der Waals surface area contributed by atoms with Crippen molar-refractivity contribution in [2.45, 2.75) is 42.8 Å². The zero-order valence-electron chi connectivity index (χ0n) is 22.0. The van der Waals surface area contributed by atoms with E-state index in [2.05, 4.69) is 17.1 Å². The van der Waals surface area contributed by atoms with Crippen LogP contribution in [-0.4, -0.2) is 40.3 Å². The van der Waals surface area contributed by atoms with Crippen molar-refractivity contribution in [2.24, 2.45) is 0 Å². The van der Waals surface area contributed by atoms with Crippen LogP contribution in [0.4, 0.5) is 10.5 Å². The maximum Gasteiger partial charge on any atom is 0.418 e. The molecule has 0 atom stereocenters. The highest BCUT2D eigenvalue weighted by Crippen LogP contribution is 2.35. The third-order valence-electron chi connectivity index (χ3n) is 5.29. The van der Waals surface area contributed by atoms with Gasteiger partial charge in [-0.2, -0.15) is 10.2 Å². The minimum Gasteiger partial charge on any atom is -0.472 e. The largest absolute Gasteiger partial charge is 0.472 e. The van der Waals surface area contributed by atoms with Gasteiger partial charge in [0.15, 0.2) is 5.82 Å². The summed E-state index contributed by atoms with van der Waals surface area (Å²) in [6, 6.07) is 19.3. The lowest BCUT2D eigenvalue weighted by atomic mass is 10.2. The van der Waals surface area contributed by atoms with E-state index in [1.807, 2.05) is 70.1 Å². The van der Waals surface area contributed by atoms with Crippen LogP contribution in [0.1, 0.15) is 31.9 Å². The van der Waals surface area contributed by atoms with Gasteiger partial charge in [0.25, 0.3) is 0 Å². The molecule has 0 radical (unpaired) electrons. The Bertz CT molecular complexity index is 1470. The van der Waals surface area contributed by atoms with Gasteiger partial charge in [0.05, 0.1) is 16.5 Å². The summed E-state index contributed by atoms with van der Waals surface area (Å²) in [5, 5.41) is 9.09. The topological polar surface area (TPSA) is 93.3 Å². The lowest BCUT2D eigenvalue weighted by Crippen LogP contribution is -2.26. The van der Waals surface area contributed by atoms with Crippen LogP contribution >= 0.6 is 11.8 Å². The molecule has 9 heteroatoms. The minimum atomic E-state index is -0.604. The van der Waals surface area contributed by atoms with Gasteiger partial charge in [0.2, 0.25) is 5.88 Å². The number of aromatic nitrogens is 3. The fourth-order valence-corrected chi connectivity index (χ4v) is 4.25. The van der Waals surface area contributed by atoms with E-state index in [4.69, 9.17) is 19.7 Å². The number of hydrogen-bond donors (Lipinski definition) is 0. The van der Waals surface area contributed by atoms with Gasteiger partial charge >= 0.3 is 6.09 Å². The van der Waals surface area contributed by atoms with Gasteiger partial charge in [-0.3, -0.25) is 4.57 Å². The molecule has 0 aliphatic carbocycles. The van der Waals surface area contributed by atoms with Gasteiger partial charge in [0, 0.05) is 48.8 Å². The molecule has 0 bridgehead atoms. The Labute approximate surface area is 226 Å². The summed E-state index contributed by atoms with van der Waals surface area (Å²) in [5.41, 5.74) is 2.72. The number of benzene rings is 2. The monoisotopic (exact) mass is 527 g/mol. The van der Waals surface area contributed by atoms with Crippen LogP contribution in [0.15, 0.2) is 83.0 Å². The van der Waals surface area contributed by atoms with E-state index in [1.54, 1.807) is 36.8 Å². The average molecular weight is 528 g/mol. The molecule has 8 nitrogen and oxygen atoms in total. The molecule has 194 valence electrons. The Hall–Kier alpha value is -4.29. The van der Waals surface area contributed by atoms with Gasteiger partial charge in [-0.15, -0.1) is 0 Å². The van der Waals surface area contributed by atoms with Crippen LogP contribution in [0.5, 0.6) is 5.88 Å². The molecule has 0 fully saturated rings. The van der Waals surface area contributed by atoms with Crippen molar-refractivity contribution in [1.82, 2.24) is 14.5 Å². The third kappa shape index (κ3) is 6.93. The standard InChI is InChI=1S/C29H29N5O3S/c1-29(2,3)37-28(35)34-14-13-22(18-34)26-31-17-25(38-24-11-9-20(16-30)10-12-24)27(32-26)36-19-21-7-6-8-23(15-21)33(4)5/h6-15,17-18H,19H2,1-5H3. The molecule has 38 heavy (non-hydrogen) atoms. The third-order valence-corrected chi connectivity index (χ3v) is 6.30.